The molecule has 0 heterocycles. The molecule has 0 spiro atoms. The first kappa shape index (κ1) is 20.0. The summed E-state index contributed by atoms with van der Waals surface area (Å²) < 4.78 is 46.2. The molecule has 2 aromatic rings. The van der Waals surface area contributed by atoms with E-state index in [9.17, 15) is 18.0 Å². The van der Waals surface area contributed by atoms with Gasteiger partial charge in [-0.25, -0.2) is 13.2 Å². The van der Waals surface area contributed by atoms with E-state index >= 15 is 0 Å². The van der Waals surface area contributed by atoms with Gasteiger partial charge in [0.15, 0.2) is 0 Å². The predicted molar refractivity (Wildman–Crippen MR) is 94.4 cm³/mol. The van der Waals surface area contributed by atoms with Crippen LogP contribution in [0, 0.1) is 19.7 Å². The Bertz CT molecular complexity index is 786. The SMILES string of the molecule is CCOC(=O)C[C@H](N)c1cc(-c2c(C)cccc2C)cc(C(F)F)c1F. The van der Waals surface area contributed by atoms with Crippen LogP contribution < -0.4 is 5.73 Å². The number of carbonyl (C=O) groups excluding carboxylic acids is 1. The van der Waals surface area contributed by atoms with Crippen LogP contribution in [0.25, 0.3) is 11.1 Å². The number of rotatable bonds is 6. The molecule has 0 unspecified atom stereocenters. The highest BCUT2D eigenvalue weighted by Gasteiger charge is 2.24. The highest BCUT2D eigenvalue weighted by molar-refractivity contribution is 5.73. The maximum absolute atomic E-state index is 14.6. The topological polar surface area (TPSA) is 52.3 Å². The van der Waals surface area contributed by atoms with E-state index in [-0.39, 0.29) is 18.6 Å². The van der Waals surface area contributed by atoms with E-state index < -0.39 is 29.8 Å². The fourth-order valence-electron chi connectivity index (χ4n) is 3.02. The van der Waals surface area contributed by atoms with Crippen molar-refractivity contribution in [3.8, 4) is 11.1 Å². The van der Waals surface area contributed by atoms with E-state index in [1.165, 1.54) is 6.07 Å². The second kappa shape index (κ2) is 8.36. The number of nitrogens with two attached hydrogens (primary N) is 1. The lowest BCUT2D eigenvalue weighted by Gasteiger charge is -2.18. The van der Waals surface area contributed by atoms with Crippen LogP contribution in [-0.2, 0) is 9.53 Å². The fourth-order valence-corrected chi connectivity index (χ4v) is 3.02. The van der Waals surface area contributed by atoms with Crippen LogP contribution in [0.15, 0.2) is 30.3 Å². The molecular weight excluding hydrogens is 343 g/mol. The Morgan fingerprint density at radius 2 is 1.73 bits per heavy atom. The Morgan fingerprint density at radius 3 is 2.27 bits per heavy atom. The maximum atomic E-state index is 14.6. The van der Waals surface area contributed by atoms with Crippen molar-refractivity contribution < 1.29 is 22.7 Å². The van der Waals surface area contributed by atoms with Gasteiger partial charge in [0.2, 0.25) is 0 Å². The Morgan fingerprint density at radius 1 is 1.15 bits per heavy atom. The third-order valence-corrected chi connectivity index (χ3v) is 4.23. The summed E-state index contributed by atoms with van der Waals surface area (Å²) in [4.78, 5) is 11.6. The highest BCUT2D eigenvalue weighted by Crippen LogP contribution is 2.35. The predicted octanol–water partition coefficient (Wildman–Crippen LogP) is 5.00. The van der Waals surface area contributed by atoms with Crippen molar-refractivity contribution >= 4 is 5.97 Å². The average Bonchev–Trinajstić information content (AvgIpc) is 2.55. The van der Waals surface area contributed by atoms with Crippen molar-refractivity contribution in [3.05, 3.63) is 58.4 Å². The first-order valence-electron chi connectivity index (χ1n) is 8.35. The lowest BCUT2D eigenvalue weighted by Crippen LogP contribution is -2.19. The van der Waals surface area contributed by atoms with E-state index in [0.29, 0.717) is 5.56 Å². The summed E-state index contributed by atoms with van der Waals surface area (Å²) in [6, 6.07) is 7.09. The summed E-state index contributed by atoms with van der Waals surface area (Å²) in [6.07, 6.45) is -3.28. The lowest BCUT2D eigenvalue weighted by atomic mass is 9.90. The molecule has 0 bridgehead atoms. The largest absolute Gasteiger partial charge is 0.466 e. The minimum absolute atomic E-state index is 0.117. The monoisotopic (exact) mass is 365 g/mol. The van der Waals surface area contributed by atoms with Crippen LogP contribution in [0.4, 0.5) is 13.2 Å². The Kier molecular flexibility index (Phi) is 6.42. The van der Waals surface area contributed by atoms with E-state index in [1.807, 2.05) is 32.0 Å². The van der Waals surface area contributed by atoms with Crippen molar-refractivity contribution in [3.63, 3.8) is 0 Å². The summed E-state index contributed by atoms with van der Waals surface area (Å²) in [7, 11) is 0. The first-order valence-corrected chi connectivity index (χ1v) is 8.35. The molecule has 0 aliphatic heterocycles. The number of hydrogen-bond acceptors (Lipinski definition) is 3. The van der Waals surface area contributed by atoms with Crippen LogP contribution in [0.5, 0.6) is 0 Å². The van der Waals surface area contributed by atoms with Gasteiger partial charge < -0.3 is 10.5 Å². The van der Waals surface area contributed by atoms with E-state index in [1.54, 1.807) is 6.92 Å². The summed E-state index contributed by atoms with van der Waals surface area (Å²) in [5.41, 5.74) is 8.05. The molecule has 0 aromatic heterocycles. The number of benzene rings is 2. The van der Waals surface area contributed by atoms with Gasteiger partial charge in [-0.05, 0) is 55.2 Å². The molecule has 0 radical (unpaired) electrons. The fraction of sp³-hybridized carbons (Fsp3) is 0.350. The number of halogens is 3. The highest BCUT2D eigenvalue weighted by atomic mass is 19.3. The number of esters is 1. The van der Waals surface area contributed by atoms with Crippen LogP contribution in [-0.4, -0.2) is 12.6 Å². The third kappa shape index (κ3) is 4.25. The number of ether oxygens (including phenoxy) is 1. The molecule has 26 heavy (non-hydrogen) atoms. The molecule has 2 aromatic carbocycles. The number of carbonyl (C=O) groups is 1. The van der Waals surface area contributed by atoms with Crippen LogP contribution in [0.3, 0.4) is 0 Å². The van der Waals surface area contributed by atoms with Crippen LogP contribution >= 0.6 is 0 Å². The molecule has 6 heteroatoms. The van der Waals surface area contributed by atoms with Gasteiger partial charge in [0.05, 0.1) is 18.6 Å². The molecule has 3 nitrogen and oxygen atoms in total. The molecular formula is C20H22F3NO2. The zero-order chi connectivity index (χ0) is 19.4. The zero-order valence-corrected chi connectivity index (χ0v) is 15.0. The summed E-state index contributed by atoms with van der Waals surface area (Å²) in [5.74, 6) is -1.68. The minimum atomic E-state index is -2.99. The lowest BCUT2D eigenvalue weighted by molar-refractivity contribution is -0.143. The molecule has 2 N–H and O–H groups in total. The van der Waals surface area contributed by atoms with Crippen molar-refractivity contribution in [2.75, 3.05) is 6.61 Å². The van der Waals surface area contributed by atoms with Crippen molar-refractivity contribution in [2.24, 2.45) is 5.73 Å². The second-order valence-corrected chi connectivity index (χ2v) is 6.15. The molecule has 0 aliphatic carbocycles. The summed E-state index contributed by atoms with van der Waals surface area (Å²) in [5, 5.41) is 0. The first-order chi connectivity index (χ1) is 12.3. The second-order valence-electron chi connectivity index (χ2n) is 6.15. The minimum Gasteiger partial charge on any atom is -0.466 e. The Balaban J connectivity index is 2.58. The zero-order valence-electron chi connectivity index (χ0n) is 15.0. The normalized spacial score (nSPS) is 12.3. The molecule has 2 rings (SSSR count). The van der Waals surface area contributed by atoms with Gasteiger partial charge >= 0.3 is 5.97 Å². The van der Waals surface area contributed by atoms with Gasteiger partial charge in [0, 0.05) is 11.6 Å². The molecule has 0 saturated carbocycles. The maximum Gasteiger partial charge on any atom is 0.307 e. The van der Waals surface area contributed by atoms with E-state index in [2.05, 4.69) is 0 Å². The molecule has 0 fully saturated rings. The van der Waals surface area contributed by atoms with Gasteiger partial charge in [0.25, 0.3) is 6.43 Å². The quantitative estimate of drug-likeness (QED) is 0.733. The standard InChI is InChI=1S/C20H22F3NO2/c1-4-26-17(25)10-16(24)14-8-13(9-15(19(14)21)20(22)23)18-11(2)6-5-7-12(18)3/h5-9,16,20H,4,10,24H2,1-3H3/t16-/m0/s1. The average molecular weight is 365 g/mol. The van der Waals surface area contributed by atoms with Crippen LogP contribution in [0.2, 0.25) is 0 Å². The number of alkyl halides is 2. The van der Waals surface area contributed by atoms with Crippen molar-refractivity contribution in [2.45, 2.75) is 39.7 Å². The van der Waals surface area contributed by atoms with Crippen molar-refractivity contribution in [1.82, 2.24) is 0 Å². The third-order valence-electron chi connectivity index (χ3n) is 4.23. The summed E-state index contributed by atoms with van der Waals surface area (Å²) >= 11 is 0. The number of aryl methyl sites for hydroxylation is 2. The molecule has 140 valence electrons. The molecule has 0 aliphatic rings. The Hall–Kier alpha value is -2.34. The molecule has 1 atom stereocenters. The summed E-state index contributed by atoms with van der Waals surface area (Å²) in [6.45, 7) is 5.51. The van der Waals surface area contributed by atoms with Gasteiger partial charge in [-0.1, -0.05) is 18.2 Å². The van der Waals surface area contributed by atoms with Crippen molar-refractivity contribution in [1.29, 1.82) is 0 Å². The number of hydrogen-bond donors (Lipinski definition) is 1. The van der Waals surface area contributed by atoms with Gasteiger partial charge in [-0.15, -0.1) is 0 Å². The van der Waals surface area contributed by atoms with Gasteiger partial charge in [0.1, 0.15) is 5.82 Å². The Labute approximate surface area is 151 Å². The van der Waals surface area contributed by atoms with Gasteiger partial charge in [-0.3, -0.25) is 4.79 Å². The van der Waals surface area contributed by atoms with E-state index in [4.69, 9.17) is 10.5 Å². The smallest absolute Gasteiger partial charge is 0.307 e. The molecule has 0 amide bonds. The van der Waals surface area contributed by atoms with E-state index in [0.717, 1.165) is 22.8 Å². The van der Waals surface area contributed by atoms with Crippen LogP contribution in [0.1, 0.15) is 48.1 Å². The van der Waals surface area contributed by atoms with Gasteiger partial charge in [-0.2, -0.15) is 0 Å². The molecule has 0 saturated heterocycles.